The van der Waals surface area contributed by atoms with E-state index in [9.17, 15) is 9.59 Å². The first-order valence-electron chi connectivity index (χ1n) is 13.6. The highest BCUT2D eigenvalue weighted by Gasteiger charge is 2.45. The molecule has 0 amide bonds. The van der Waals surface area contributed by atoms with Crippen molar-refractivity contribution < 1.29 is 19.1 Å². The summed E-state index contributed by atoms with van der Waals surface area (Å²) in [5, 5.41) is 5.04. The molecule has 0 aliphatic carbocycles. The molecule has 0 atom stereocenters. The molecule has 0 aromatic heterocycles. The van der Waals surface area contributed by atoms with Crippen LogP contribution in [0.25, 0.3) is 0 Å². The van der Waals surface area contributed by atoms with Gasteiger partial charge in [-0.25, -0.2) is 9.59 Å². The van der Waals surface area contributed by atoms with Gasteiger partial charge in [-0.15, -0.1) is 17.0 Å². The maximum absolute atomic E-state index is 12.0. The number of hydrogen-bond acceptors (Lipinski definition) is 4. The molecule has 5 rings (SSSR count). The quantitative estimate of drug-likeness (QED) is 0.125. The van der Waals surface area contributed by atoms with E-state index in [1.54, 1.807) is 30.3 Å². The molecule has 0 heterocycles. The Bertz CT molecular complexity index is 1590. The molecule has 0 unspecified atom stereocenters. The first kappa shape index (κ1) is 35.0. The number of aryl methyl sites for hydroxylation is 1. The number of rotatable bonds is 7. The zero-order chi connectivity index (χ0) is 30.8. The molecule has 0 fully saturated rings. The fourth-order valence-electron chi connectivity index (χ4n) is 4.78. The van der Waals surface area contributed by atoms with Crippen molar-refractivity contribution in [1.82, 2.24) is 0 Å². The third-order valence-corrected chi connectivity index (χ3v) is 12.2. The van der Waals surface area contributed by atoms with E-state index in [-0.39, 0.29) is 28.9 Å². The molecule has 0 aliphatic rings. The standard InChI is InChI=1S/C27H23ClO2P.C9H9ClO2.BrH/c1-30-27(29)21-17-18-22(26(28)19-21)20-31(23-11-5-2-6-12-23,24-13-7-3-8-14-24)25-15-9-4-10-16-25;1-6-3-4-7(5-8(6)10)9(11)12-2;/h2-19H,20H2,1H3;3-5H,1-2H3;1H/q+1;;. The van der Waals surface area contributed by atoms with E-state index in [0.29, 0.717) is 21.2 Å². The van der Waals surface area contributed by atoms with Gasteiger partial charge in [-0.1, -0.05) is 89.9 Å². The van der Waals surface area contributed by atoms with Crippen molar-refractivity contribution in [2.75, 3.05) is 14.2 Å². The van der Waals surface area contributed by atoms with Crippen LogP contribution in [0.1, 0.15) is 31.8 Å². The number of halogens is 3. The number of esters is 2. The second kappa shape index (κ2) is 16.6. The summed E-state index contributed by atoms with van der Waals surface area (Å²) in [6, 6.07) is 42.5. The third kappa shape index (κ3) is 8.16. The fourth-order valence-corrected chi connectivity index (χ4v) is 9.58. The van der Waals surface area contributed by atoms with Crippen molar-refractivity contribution in [3.63, 3.8) is 0 Å². The van der Waals surface area contributed by atoms with Crippen LogP contribution in [-0.4, -0.2) is 26.2 Å². The van der Waals surface area contributed by atoms with Crippen molar-refractivity contribution in [1.29, 1.82) is 0 Å². The minimum absolute atomic E-state index is 0. The molecule has 0 saturated carbocycles. The Labute approximate surface area is 280 Å². The van der Waals surface area contributed by atoms with Gasteiger partial charge < -0.3 is 9.47 Å². The Balaban J connectivity index is 0.000000344. The predicted molar refractivity (Wildman–Crippen MR) is 189 cm³/mol. The smallest absolute Gasteiger partial charge is 0.337 e. The molecular weight excluding hydrogens is 678 g/mol. The predicted octanol–water partition coefficient (Wildman–Crippen LogP) is 8.63. The van der Waals surface area contributed by atoms with Crippen LogP contribution in [0.5, 0.6) is 0 Å². The van der Waals surface area contributed by atoms with Gasteiger partial charge in [0.15, 0.2) is 0 Å². The van der Waals surface area contributed by atoms with Gasteiger partial charge in [-0.05, 0) is 73.2 Å². The van der Waals surface area contributed by atoms with Gasteiger partial charge in [0.2, 0.25) is 0 Å². The topological polar surface area (TPSA) is 52.6 Å². The summed E-state index contributed by atoms with van der Waals surface area (Å²) in [5.41, 5.74) is 2.90. The lowest BCUT2D eigenvalue weighted by atomic mass is 10.1. The summed E-state index contributed by atoms with van der Waals surface area (Å²) < 4.78 is 9.38. The Hall–Kier alpha value is -3.47. The highest BCUT2D eigenvalue weighted by atomic mass is 79.9. The van der Waals surface area contributed by atoms with Crippen molar-refractivity contribution in [2.24, 2.45) is 0 Å². The monoisotopic (exact) mass is 709 g/mol. The molecule has 5 aromatic rings. The van der Waals surface area contributed by atoms with E-state index >= 15 is 0 Å². The van der Waals surface area contributed by atoms with Gasteiger partial charge in [0.25, 0.3) is 0 Å². The summed E-state index contributed by atoms with van der Waals surface area (Å²) in [4.78, 5) is 22.9. The van der Waals surface area contributed by atoms with Crippen LogP contribution in [0.3, 0.4) is 0 Å². The van der Waals surface area contributed by atoms with E-state index in [4.69, 9.17) is 27.9 Å². The molecule has 0 aliphatic heterocycles. The van der Waals surface area contributed by atoms with Crippen molar-refractivity contribution in [3.8, 4) is 0 Å². The Morgan fingerprint density at radius 2 is 0.977 bits per heavy atom. The van der Waals surface area contributed by atoms with E-state index in [2.05, 4.69) is 77.5 Å². The van der Waals surface area contributed by atoms with Crippen molar-refractivity contribution in [2.45, 2.75) is 13.1 Å². The second-order valence-electron chi connectivity index (χ2n) is 9.73. The SMILES string of the molecule is Br.COC(=O)c1ccc(C)c(Cl)c1.COC(=O)c1ccc(C[P+](c2ccccc2)(c2ccccc2)c2ccccc2)c(Cl)c1. The minimum Gasteiger partial charge on any atom is -0.465 e. The lowest BCUT2D eigenvalue weighted by molar-refractivity contribution is 0.0592. The van der Waals surface area contributed by atoms with Gasteiger partial charge in [0, 0.05) is 15.6 Å². The zero-order valence-electron chi connectivity index (χ0n) is 24.6. The third-order valence-electron chi connectivity index (χ3n) is 7.07. The fraction of sp³-hybridized carbons (Fsp3) is 0.111. The maximum Gasteiger partial charge on any atom is 0.337 e. The summed E-state index contributed by atoms with van der Waals surface area (Å²) in [5.74, 6) is -0.749. The number of carbonyl (C=O) groups excluding carboxylic acids is 2. The minimum atomic E-state index is -2.05. The van der Waals surface area contributed by atoms with Crippen LogP contribution in [-0.2, 0) is 15.6 Å². The molecular formula is C36H33BrCl2O4P+. The van der Waals surface area contributed by atoms with Crippen molar-refractivity contribution in [3.05, 3.63) is 160 Å². The van der Waals surface area contributed by atoms with Crippen LogP contribution in [0.15, 0.2) is 127 Å². The molecule has 8 heteroatoms. The first-order chi connectivity index (χ1) is 20.8. The van der Waals surface area contributed by atoms with Crippen LogP contribution in [0.4, 0.5) is 0 Å². The molecule has 0 bridgehead atoms. The van der Waals surface area contributed by atoms with Crippen LogP contribution in [0, 0.1) is 6.92 Å². The van der Waals surface area contributed by atoms with Gasteiger partial charge >= 0.3 is 11.9 Å². The number of hydrogen-bond donors (Lipinski definition) is 0. The molecule has 0 spiro atoms. The molecule has 44 heavy (non-hydrogen) atoms. The Kier molecular flexibility index (Phi) is 13.2. The van der Waals surface area contributed by atoms with E-state index in [1.165, 1.54) is 30.1 Å². The first-order valence-corrected chi connectivity index (χ1v) is 16.3. The molecule has 5 aromatic carbocycles. The molecule has 4 nitrogen and oxygen atoms in total. The van der Waals surface area contributed by atoms with Gasteiger partial charge in [0.05, 0.1) is 31.5 Å². The summed E-state index contributed by atoms with van der Waals surface area (Å²) in [6.45, 7) is 1.88. The lowest BCUT2D eigenvalue weighted by Crippen LogP contribution is -2.32. The molecule has 0 N–H and O–H groups in total. The molecule has 0 radical (unpaired) electrons. The number of ether oxygens (including phenoxy) is 2. The van der Waals surface area contributed by atoms with Crippen molar-refractivity contribution >= 4 is 75.3 Å². The summed E-state index contributed by atoms with van der Waals surface area (Å²) in [7, 11) is 0.671. The van der Waals surface area contributed by atoms with E-state index in [1.807, 2.05) is 31.2 Å². The van der Waals surface area contributed by atoms with Gasteiger partial charge in [-0.2, -0.15) is 0 Å². The average Bonchev–Trinajstić information content (AvgIpc) is 3.06. The van der Waals surface area contributed by atoms with Crippen LogP contribution >= 0.6 is 47.4 Å². The number of carbonyl (C=O) groups is 2. The number of methoxy groups -OCH3 is 2. The zero-order valence-corrected chi connectivity index (χ0v) is 28.7. The maximum atomic E-state index is 12.0. The Morgan fingerprint density at radius 1 is 0.591 bits per heavy atom. The molecule has 226 valence electrons. The average molecular weight is 711 g/mol. The summed E-state index contributed by atoms with van der Waals surface area (Å²) >= 11 is 12.5. The highest BCUT2D eigenvalue weighted by molar-refractivity contribution is 8.93. The highest BCUT2D eigenvalue weighted by Crippen LogP contribution is 2.58. The van der Waals surface area contributed by atoms with Gasteiger partial charge in [-0.3, -0.25) is 0 Å². The lowest BCUT2D eigenvalue weighted by Gasteiger charge is -2.28. The molecule has 0 saturated heterocycles. The number of benzene rings is 5. The largest absolute Gasteiger partial charge is 0.465 e. The normalized spacial score (nSPS) is 10.5. The van der Waals surface area contributed by atoms with Crippen LogP contribution < -0.4 is 15.9 Å². The van der Waals surface area contributed by atoms with E-state index < -0.39 is 7.26 Å². The van der Waals surface area contributed by atoms with E-state index in [0.717, 1.165) is 17.3 Å². The summed E-state index contributed by atoms with van der Waals surface area (Å²) in [6.07, 6.45) is 0.755. The van der Waals surface area contributed by atoms with Crippen LogP contribution in [0.2, 0.25) is 10.0 Å². The second-order valence-corrected chi connectivity index (χ2v) is 14.0. The van der Waals surface area contributed by atoms with Gasteiger partial charge in [0.1, 0.15) is 23.2 Å². The Morgan fingerprint density at radius 3 is 1.34 bits per heavy atom.